The number of rotatable bonds is 12. The van der Waals surface area contributed by atoms with Gasteiger partial charge in [0.15, 0.2) is 0 Å². The van der Waals surface area contributed by atoms with Gasteiger partial charge < -0.3 is 9.64 Å². The van der Waals surface area contributed by atoms with Crippen molar-refractivity contribution in [3.05, 3.63) is 65.2 Å². The molecule has 0 aliphatic carbocycles. The lowest BCUT2D eigenvalue weighted by Crippen LogP contribution is -2.29. The molecule has 0 radical (unpaired) electrons. The summed E-state index contributed by atoms with van der Waals surface area (Å²) in [5, 5.41) is 28.6. The summed E-state index contributed by atoms with van der Waals surface area (Å²) in [4.78, 5) is 28.4. The largest absolute Gasteiger partial charge is 0.464 e. The van der Waals surface area contributed by atoms with Gasteiger partial charge in [-0.05, 0) is 36.8 Å². The van der Waals surface area contributed by atoms with E-state index in [0.29, 0.717) is 53.4 Å². The van der Waals surface area contributed by atoms with E-state index in [9.17, 15) is 14.9 Å². The minimum atomic E-state index is -0.450. The Bertz CT molecular complexity index is 1230. The molecule has 3 rings (SSSR count). The van der Waals surface area contributed by atoms with E-state index in [-0.39, 0.29) is 18.3 Å². The van der Waals surface area contributed by atoms with Crippen LogP contribution in [0.2, 0.25) is 0 Å². The van der Waals surface area contributed by atoms with Crippen LogP contribution in [0.4, 0.5) is 22.2 Å². The van der Waals surface area contributed by atoms with Gasteiger partial charge in [-0.1, -0.05) is 17.4 Å². The number of anilines is 1. The maximum absolute atomic E-state index is 11.7. The fraction of sp³-hybridized carbons (Fsp3) is 0.261. The number of benzene rings is 2. The van der Waals surface area contributed by atoms with Gasteiger partial charge in [-0.15, -0.1) is 16.8 Å². The van der Waals surface area contributed by atoms with E-state index in [1.165, 1.54) is 23.5 Å². The van der Waals surface area contributed by atoms with Gasteiger partial charge in [0.1, 0.15) is 6.61 Å². The molecule has 0 aliphatic rings. The SMILES string of the molecule is C=CCCC(=O)OCCN(CCC#N)c1ccc(N=Nc2nc3ccc([N+](=O)[O-])cc3s2)cc1. The monoisotopic (exact) mass is 478 g/mol. The summed E-state index contributed by atoms with van der Waals surface area (Å²) in [6.07, 6.45) is 2.88. The molecular weight excluding hydrogens is 456 g/mol. The van der Waals surface area contributed by atoms with E-state index in [1.54, 1.807) is 24.3 Å². The second-order valence-electron chi connectivity index (χ2n) is 7.06. The van der Waals surface area contributed by atoms with Crippen LogP contribution < -0.4 is 4.90 Å². The van der Waals surface area contributed by atoms with Crippen LogP contribution in [0.1, 0.15) is 19.3 Å². The lowest BCUT2D eigenvalue weighted by atomic mass is 10.2. The molecule has 0 saturated heterocycles. The standard InChI is InChI=1S/C23H22N6O4S/c1-2-3-5-22(30)33-15-14-28(13-4-12-24)18-8-6-17(7-9-18)26-27-23-25-20-11-10-19(29(31)32)16-21(20)34-23/h2,6-11,16H,1,3-5,13-15H2. The fourth-order valence-electron chi connectivity index (χ4n) is 3.00. The van der Waals surface area contributed by atoms with Gasteiger partial charge >= 0.3 is 5.97 Å². The Morgan fingerprint density at radius 3 is 2.76 bits per heavy atom. The fourth-order valence-corrected chi connectivity index (χ4v) is 3.83. The second kappa shape index (κ2) is 12.2. The van der Waals surface area contributed by atoms with E-state index in [0.717, 1.165) is 5.69 Å². The van der Waals surface area contributed by atoms with Crippen molar-refractivity contribution in [2.45, 2.75) is 19.3 Å². The highest BCUT2D eigenvalue weighted by atomic mass is 32.1. The van der Waals surface area contributed by atoms with Crippen molar-refractivity contribution < 1.29 is 14.5 Å². The summed E-state index contributed by atoms with van der Waals surface area (Å²) in [5.74, 6) is -0.277. The summed E-state index contributed by atoms with van der Waals surface area (Å²) in [5.41, 5.74) is 2.09. The van der Waals surface area contributed by atoms with E-state index in [4.69, 9.17) is 10.00 Å². The van der Waals surface area contributed by atoms with Gasteiger partial charge in [0.25, 0.3) is 5.69 Å². The average molecular weight is 479 g/mol. The quantitative estimate of drug-likeness (QED) is 0.105. The van der Waals surface area contributed by atoms with Crippen LogP contribution in [0.25, 0.3) is 10.2 Å². The Kier molecular flexibility index (Phi) is 8.76. The lowest BCUT2D eigenvalue weighted by molar-refractivity contribution is -0.384. The first-order chi connectivity index (χ1) is 16.5. The number of aromatic nitrogens is 1. The molecule has 0 unspecified atom stereocenters. The number of hydrogen-bond acceptors (Lipinski definition) is 10. The lowest BCUT2D eigenvalue weighted by Gasteiger charge is -2.23. The molecule has 2 aromatic carbocycles. The van der Waals surface area contributed by atoms with Crippen LogP contribution >= 0.6 is 11.3 Å². The Morgan fingerprint density at radius 1 is 1.26 bits per heavy atom. The molecule has 0 atom stereocenters. The Hall–Kier alpha value is -4.17. The summed E-state index contributed by atoms with van der Waals surface area (Å²) < 4.78 is 5.91. The van der Waals surface area contributed by atoms with E-state index in [2.05, 4.69) is 27.9 Å². The number of fused-ring (bicyclic) bond motifs is 1. The molecule has 0 fully saturated rings. The highest BCUT2D eigenvalue weighted by molar-refractivity contribution is 7.21. The third-order valence-corrected chi connectivity index (χ3v) is 5.61. The topological polar surface area (TPSA) is 134 Å². The van der Waals surface area contributed by atoms with Crippen LogP contribution in [-0.2, 0) is 9.53 Å². The van der Waals surface area contributed by atoms with Crippen molar-refractivity contribution in [3.63, 3.8) is 0 Å². The predicted molar refractivity (Wildman–Crippen MR) is 130 cm³/mol. The first kappa shape index (κ1) is 24.5. The van der Waals surface area contributed by atoms with Gasteiger partial charge in [-0.25, -0.2) is 4.98 Å². The van der Waals surface area contributed by atoms with E-state index < -0.39 is 4.92 Å². The zero-order valence-corrected chi connectivity index (χ0v) is 19.1. The Balaban J connectivity index is 1.64. The van der Waals surface area contributed by atoms with Crippen LogP contribution in [0.5, 0.6) is 0 Å². The molecule has 0 amide bonds. The molecule has 0 aliphatic heterocycles. The van der Waals surface area contributed by atoms with Gasteiger partial charge in [0.05, 0.1) is 39.9 Å². The first-order valence-corrected chi connectivity index (χ1v) is 11.3. The minimum Gasteiger partial charge on any atom is -0.464 e. The van der Waals surface area contributed by atoms with Gasteiger partial charge in [0, 0.05) is 30.8 Å². The van der Waals surface area contributed by atoms with Crippen LogP contribution in [0.3, 0.4) is 0 Å². The van der Waals surface area contributed by atoms with E-state index >= 15 is 0 Å². The molecule has 11 heteroatoms. The second-order valence-corrected chi connectivity index (χ2v) is 8.07. The number of hydrogen-bond donors (Lipinski definition) is 0. The number of non-ortho nitro benzene ring substituents is 1. The van der Waals surface area contributed by atoms with Crippen LogP contribution in [0.15, 0.2) is 65.3 Å². The number of carbonyl (C=O) groups excluding carboxylic acids is 1. The normalized spacial score (nSPS) is 10.8. The number of allylic oxidation sites excluding steroid dienone is 1. The molecule has 3 aromatic rings. The Labute approximate surface area is 200 Å². The molecular formula is C23H22N6O4S. The van der Waals surface area contributed by atoms with Crippen molar-refractivity contribution >= 4 is 49.7 Å². The third kappa shape index (κ3) is 6.91. The molecule has 1 aromatic heterocycles. The highest BCUT2D eigenvalue weighted by Crippen LogP contribution is 2.32. The molecule has 0 saturated carbocycles. The molecule has 174 valence electrons. The van der Waals surface area contributed by atoms with Crippen molar-refractivity contribution in [1.82, 2.24) is 4.98 Å². The van der Waals surface area contributed by atoms with Gasteiger partial charge in [-0.3, -0.25) is 14.9 Å². The number of nitro benzene ring substituents is 1. The predicted octanol–water partition coefficient (Wildman–Crippen LogP) is 5.85. The number of ether oxygens (including phenoxy) is 1. The summed E-state index contributed by atoms with van der Waals surface area (Å²) in [7, 11) is 0. The highest BCUT2D eigenvalue weighted by Gasteiger charge is 2.11. The summed E-state index contributed by atoms with van der Waals surface area (Å²) in [6, 6.07) is 13.9. The molecule has 0 N–H and O–H groups in total. The minimum absolute atomic E-state index is 0.00251. The molecule has 10 nitrogen and oxygen atoms in total. The molecule has 0 spiro atoms. The van der Waals surface area contributed by atoms with Crippen molar-refractivity contribution in [1.29, 1.82) is 5.26 Å². The third-order valence-electron chi connectivity index (χ3n) is 4.71. The smallest absolute Gasteiger partial charge is 0.306 e. The van der Waals surface area contributed by atoms with Crippen molar-refractivity contribution in [3.8, 4) is 6.07 Å². The number of carbonyl (C=O) groups is 1. The molecule has 34 heavy (non-hydrogen) atoms. The van der Waals surface area contributed by atoms with E-state index in [1.807, 2.05) is 17.0 Å². The van der Waals surface area contributed by atoms with Gasteiger partial charge in [-0.2, -0.15) is 5.26 Å². The first-order valence-electron chi connectivity index (χ1n) is 10.5. The van der Waals surface area contributed by atoms with Crippen LogP contribution in [0, 0.1) is 21.4 Å². The molecule has 1 heterocycles. The van der Waals surface area contributed by atoms with Crippen LogP contribution in [-0.4, -0.2) is 35.6 Å². The Morgan fingerprint density at radius 2 is 2.06 bits per heavy atom. The number of thiazole rings is 1. The van der Waals surface area contributed by atoms with Gasteiger partial charge in [0.2, 0.25) is 5.13 Å². The maximum Gasteiger partial charge on any atom is 0.306 e. The number of esters is 1. The number of nitriles is 1. The number of nitro groups is 1. The summed E-state index contributed by atoms with van der Waals surface area (Å²) >= 11 is 1.22. The molecule has 0 bridgehead atoms. The number of nitrogens with zero attached hydrogens (tertiary/aromatic N) is 6. The average Bonchev–Trinajstić information content (AvgIpc) is 3.26. The zero-order chi connectivity index (χ0) is 24.3. The zero-order valence-electron chi connectivity index (χ0n) is 18.3. The van der Waals surface area contributed by atoms with Crippen molar-refractivity contribution in [2.24, 2.45) is 10.2 Å². The summed E-state index contributed by atoms with van der Waals surface area (Å²) in [6.45, 7) is 4.76. The number of azo groups is 1. The maximum atomic E-state index is 11.7. The van der Waals surface area contributed by atoms with Crippen molar-refractivity contribution in [2.75, 3.05) is 24.6 Å².